The summed E-state index contributed by atoms with van der Waals surface area (Å²) in [5, 5.41) is 7.85. The van der Waals surface area contributed by atoms with Crippen molar-refractivity contribution >= 4 is 11.5 Å². The van der Waals surface area contributed by atoms with Gasteiger partial charge in [-0.25, -0.2) is 0 Å². The van der Waals surface area contributed by atoms with Crippen molar-refractivity contribution in [3.63, 3.8) is 0 Å². The molecule has 1 saturated heterocycles. The molecule has 0 spiro atoms. The smallest absolute Gasteiger partial charge is 0.100 e. The second-order valence-electron chi connectivity index (χ2n) is 4.45. The van der Waals surface area contributed by atoms with Crippen molar-refractivity contribution in [1.82, 2.24) is 0 Å². The van der Waals surface area contributed by atoms with E-state index in [-0.39, 0.29) is 0 Å². The molecule has 0 aliphatic carbocycles. The van der Waals surface area contributed by atoms with E-state index in [0.717, 1.165) is 25.2 Å². The van der Waals surface area contributed by atoms with Gasteiger partial charge in [-0.2, -0.15) is 0 Å². The topological polar surface area (TPSA) is 27.1 Å². The first-order valence-corrected chi connectivity index (χ1v) is 5.63. The van der Waals surface area contributed by atoms with Gasteiger partial charge >= 0.3 is 0 Å². The third kappa shape index (κ3) is 2.04. The van der Waals surface area contributed by atoms with Gasteiger partial charge in [-0.15, -0.1) is 0 Å². The van der Waals surface area contributed by atoms with Gasteiger partial charge in [0.05, 0.1) is 0 Å². The summed E-state index contributed by atoms with van der Waals surface area (Å²) < 4.78 is 0. The third-order valence-corrected chi connectivity index (χ3v) is 2.97. The van der Waals surface area contributed by atoms with Gasteiger partial charge in [0, 0.05) is 18.7 Å². The first-order valence-electron chi connectivity index (χ1n) is 5.63. The Hall–Kier alpha value is -1.31. The molecule has 0 unspecified atom stereocenters. The zero-order chi connectivity index (χ0) is 10.8. The van der Waals surface area contributed by atoms with Crippen LogP contribution in [0.15, 0.2) is 24.3 Å². The van der Waals surface area contributed by atoms with Crippen LogP contribution < -0.4 is 4.90 Å². The lowest BCUT2D eigenvalue weighted by atomic mass is 10.0. The summed E-state index contributed by atoms with van der Waals surface area (Å²) in [4.78, 5) is 2.12. The predicted molar refractivity (Wildman–Crippen MR) is 64.8 cm³/mol. The molecular formula is C13H18N2. The first kappa shape index (κ1) is 10.2. The van der Waals surface area contributed by atoms with Crippen LogP contribution in [0.5, 0.6) is 0 Å². The average molecular weight is 202 g/mol. The van der Waals surface area contributed by atoms with Gasteiger partial charge in [0.25, 0.3) is 0 Å². The molecule has 1 fully saturated rings. The zero-order valence-electron chi connectivity index (χ0n) is 9.46. The van der Waals surface area contributed by atoms with Crippen LogP contribution in [0, 0.1) is 5.41 Å². The summed E-state index contributed by atoms with van der Waals surface area (Å²) in [5.41, 5.74) is 2.54. The highest BCUT2D eigenvalue weighted by atomic mass is 15.2. The summed E-state index contributed by atoms with van der Waals surface area (Å²) >= 11 is 0. The Bertz CT molecular complexity index is 369. The maximum atomic E-state index is 7.85. The normalized spacial score (nSPS) is 16.5. The van der Waals surface area contributed by atoms with Crippen LogP contribution in [0.3, 0.4) is 0 Å². The highest BCUT2D eigenvalue weighted by Crippen LogP contribution is 2.25. The van der Waals surface area contributed by atoms with Gasteiger partial charge in [-0.1, -0.05) is 26.0 Å². The number of hydrogen-bond acceptors (Lipinski definition) is 1. The van der Waals surface area contributed by atoms with Gasteiger partial charge in [0.2, 0.25) is 0 Å². The number of amidine groups is 1. The monoisotopic (exact) mass is 202 g/mol. The molecule has 2 nitrogen and oxygen atoms in total. The molecule has 1 aromatic rings. The van der Waals surface area contributed by atoms with E-state index in [0.29, 0.717) is 5.92 Å². The summed E-state index contributed by atoms with van der Waals surface area (Å²) in [6.07, 6.45) is 2.04. The first-order chi connectivity index (χ1) is 7.18. The van der Waals surface area contributed by atoms with E-state index in [1.807, 2.05) is 0 Å². The molecule has 2 heteroatoms. The zero-order valence-corrected chi connectivity index (χ0v) is 9.46. The number of hydrogen-bond donors (Lipinski definition) is 1. The van der Waals surface area contributed by atoms with Gasteiger partial charge in [-0.05, 0) is 30.0 Å². The molecule has 0 saturated carbocycles. The number of anilines is 1. The van der Waals surface area contributed by atoms with E-state index in [9.17, 15) is 0 Å². The minimum atomic E-state index is 0.557. The Morgan fingerprint density at radius 1 is 1.33 bits per heavy atom. The molecule has 1 aliphatic heterocycles. The average Bonchev–Trinajstić information content (AvgIpc) is 2.64. The van der Waals surface area contributed by atoms with Crippen LogP contribution in [-0.2, 0) is 0 Å². The van der Waals surface area contributed by atoms with Gasteiger partial charge in [0.1, 0.15) is 5.84 Å². The van der Waals surface area contributed by atoms with Gasteiger partial charge < -0.3 is 4.90 Å². The second kappa shape index (κ2) is 4.05. The number of nitrogens with zero attached hydrogens (tertiary/aromatic N) is 1. The van der Waals surface area contributed by atoms with Crippen molar-refractivity contribution in [2.24, 2.45) is 0 Å². The summed E-state index contributed by atoms with van der Waals surface area (Å²) in [6, 6.07) is 8.57. The summed E-state index contributed by atoms with van der Waals surface area (Å²) in [6.45, 7) is 5.41. The van der Waals surface area contributed by atoms with Crippen molar-refractivity contribution in [2.75, 3.05) is 11.4 Å². The molecular weight excluding hydrogens is 184 g/mol. The molecule has 1 N–H and O–H groups in total. The standard InChI is InChI=1S/C13H18N2/c1-10(2)11-5-3-6-12(9-11)15-8-4-7-13(15)14/h3,5-6,9-10,14H,4,7-8H2,1-2H3. The predicted octanol–water partition coefficient (Wildman–Crippen LogP) is 3.39. The van der Waals surface area contributed by atoms with E-state index in [1.54, 1.807) is 0 Å². The molecule has 0 amide bonds. The Morgan fingerprint density at radius 2 is 2.13 bits per heavy atom. The lowest BCUT2D eigenvalue weighted by Crippen LogP contribution is -2.23. The molecule has 1 aromatic carbocycles. The minimum absolute atomic E-state index is 0.557. The van der Waals surface area contributed by atoms with Crippen molar-refractivity contribution < 1.29 is 0 Å². The van der Waals surface area contributed by atoms with Crippen molar-refractivity contribution in [3.8, 4) is 0 Å². The van der Waals surface area contributed by atoms with Crippen LogP contribution in [0.1, 0.15) is 38.2 Å². The lowest BCUT2D eigenvalue weighted by Gasteiger charge is -2.19. The number of benzene rings is 1. The molecule has 0 aromatic heterocycles. The number of nitrogens with one attached hydrogen (secondary N) is 1. The second-order valence-corrected chi connectivity index (χ2v) is 4.45. The maximum absolute atomic E-state index is 7.85. The van der Waals surface area contributed by atoms with Crippen LogP contribution in [0.4, 0.5) is 5.69 Å². The Morgan fingerprint density at radius 3 is 2.73 bits per heavy atom. The van der Waals surface area contributed by atoms with Crippen LogP contribution in [0.2, 0.25) is 0 Å². The summed E-state index contributed by atoms with van der Waals surface area (Å²) in [7, 11) is 0. The fourth-order valence-corrected chi connectivity index (χ4v) is 2.01. The van der Waals surface area contributed by atoms with Crippen molar-refractivity contribution in [2.45, 2.75) is 32.6 Å². The highest BCUT2D eigenvalue weighted by molar-refractivity contribution is 5.97. The van der Waals surface area contributed by atoms with Crippen molar-refractivity contribution in [1.29, 1.82) is 5.41 Å². The van der Waals surface area contributed by atoms with Gasteiger partial charge in [-0.3, -0.25) is 5.41 Å². The third-order valence-electron chi connectivity index (χ3n) is 2.97. The lowest BCUT2D eigenvalue weighted by molar-refractivity contribution is 0.864. The quantitative estimate of drug-likeness (QED) is 0.782. The van der Waals surface area contributed by atoms with Crippen molar-refractivity contribution in [3.05, 3.63) is 29.8 Å². The van der Waals surface area contributed by atoms with E-state index < -0.39 is 0 Å². The fraction of sp³-hybridized carbons (Fsp3) is 0.462. The Balaban J connectivity index is 2.28. The largest absolute Gasteiger partial charge is 0.330 e. The van der Waals surface area contributed by atoms with E-state index >= 15 is 0 Å². The SMILES string of the molecule is CC(C)c1cccc(N2CCCC2=N)c1. The molecule has 1 heterocycles. The molecule has 0 bridgehead atoms. The maximum Gasteiger partial charge on any atom is 0.100 e. The Labute approximate surface area is 91.4 Å². The van der Waals surface area contributed by atoms with Crippen LogP contribution >= 0.6 is 0 Å². The Kier molecular flexibility index (Phi) is 2.76. The van der Waals surface area contributed by atoms with Crippen LogP contribution in [0.25, 0.3) is 0 Å². The summed E-state index contributed by atoms with van der Waals surface area (Å²) in [5.74, 6) is 1.32. The van der Waals surface area contributed by atoms with Crippen LogP contribution in [-0.4, -0.2) is 12.4 Å². The minimum Gasteiger partial charge on any atom is -0.330 e. The molecule has 0 radical (unpaired) electrons. The van der Waals surface area contributed by atoms with E-state index in [2.05, 4.69) is 43.0 Å². The van der Waals surface area contributed by atoms with E-state index in [4.69, 9.17) is 5.41 Å². The fourth-order valence-electron chi connectivity index (χ4n) is 2.01. The molecule has 0 atom stereocenters. The highest BCUT2D eigenvalue weighted by Gasteiger charge is 2.18. The van der Waals surface area contributed by atoms with E-state index in [1.165, 1.54) is 11.3 Å². The molecule has 80 valence electrons. The van der Waals surface area contributed by atoms with Gasteiger partial charge in [0.15, 0.2) is 0 Å². The number of rotatable bonds is 2. The molecule has 1 aliphatic rings. The molecule has 2 rings (SSSR count). The molecule has 15 heavy (non-hydrogen) atoms.